The van der Waals surface area contributed by atoms with Gasteiger partial charge in [-0.1, -0.05) is 6.07 Å². The van der Waals surface area contributed by atoms with Crippen molar-refractivity contribution in [2.75, 3.05) is 0 Å². The average molecular weight is 190 g/mol. The van der Waals surface area contributed by atoms with Crippen LogP contribution in [-0.4, -0.2) is 17.1 Å². The van der Waals surface area contributed by atoms with Crippen LogP contribution < -0.4 is 5.32 Å². The molecule has 2 nitrogen and oxygen atoms in total. The van der Waals surface area contributed by atoms with Gasteiger partial charge in [0.1, 0.15) is 0 Å². The summed E-state index contributed by atoms with van der Waals surface area (Å²) < 4.78 is 0. The zero-order chi connectivity index (χ0) is 10.1. The Bertz CT molecular complexity index is 305. The summed E-state index contributed by atoms with van der Waals surface area (Å²) in [5, 5.41) is 3.55. The predicted octanol–water partition coefficient (Wildman–Crippen LogP) is 2.24. The van der Waals surface area contributed by atoms with Crippen molar-refractivity contribution < 1.29 is 0 Å². The summed E-state index contributed by atoms with van der Waals surface area (Å²) >= 11 is 0. The monoisotopic (exact) mass is 190 g/mol. The smallest absolute Gasteiger partial charge is 0.0372 e. The SMILES string of the molecule is Cc1ccc(C2CC(C)NC2C)cn1. The molecule has 14 heavy (non-hydrogen) atoms. The number of hydrogen-bond donors (Lipinski definition) is 1. The van der Waals surface area contributed by atoms with E-state index in [-0.39, 0.29) is 0 Å². The van der Waals surface area contributed by atoms with E-state index in [1.807, 2.05) is 13.1 Å². The third kappa shape index (κ3) is 1.80. The van der Waals surface area contributed by atoms with Crippen LogP contribution in [-0.2, 0) is 0 Å². The molecule has 0 aliphatic carbocycles. The number of nitrogens with zero attached hydrogens (tertiary/aromatic N) is 1. The molecule has 2 heteroatoms. The Morgan fingerprint density at radius 3 is 2.64 bits per heavy atom. The van der Waals surface area contributed by atoms with E-state index < -0.39 is 0 Å². The highest BCUT2D eigenvalue weighted by Crippen LogP contribution is 2.29. The largest absolute Gasteiger partial charge is 0.311 e. The lowest BCUT2D eigenvalue weighted by molar-refractivity contribution is 0.574. The van der Waals surface area contributed by atoms with Crippen LogP contribution in [0.25, 0.3) is 0 Å². The van der Waals surface area contributed by atoms with Crippen LogP contribution in [0.1, 0.15) is 37.4 Å². The Morgan fingerprint density at radius 1 is 1.36 bits per heavy atom. The number of hydrogen-bond acceptors (Lipinski definition) is 2. The van der Waals surface area contributed by atoms with Crippen LogP contribution >= 0.6 is 0 Å². The van der Waals surface area contributed by atoms with E-state index in [2.05, 4.69) is 36.3 Å². The molecule has 0 amide bonds. The summed E-state index contributed by atoms with van der Waals surface area (Å²) in [6.07, 6.45) is 3.25. The molecule has 1 fully saturated rings. The maximum absolute atomic E-state index is 4.36. The molecule has 76 valence electrons. The van der Waals surface area contributed by atoms with Crippen molar-refractivity contribution in [2.24, 2.45) is 0 Å². The first-order valence-electron chi connectivity index (χ1n) is 5.35. The van der Waals surface area contributed by atoms with Gasteiger partial charge in [-0.15, -0.1) is 0 Å². The highest BCUT2D eigenvalue weighted by molar-refractivity contribution is 5.21. The molecule has 1 aliphatic rings. The van der Waals surface area contributed by atoms with Gasteiger partial charge in [-0.2, -0.15) is 0 Å². The molecule has 1 saturated heterocycles. The van der Waals surface area contributed by atoms with Crippen LogP contribution in [0, 0.1) is 6.92 Å². The first kappa shape index (κ1) is 9.66. The van der Waals surface area contributed by atoms with Gasteiger partial charge < -0.3 is 5.32 Å². The Balaban J connectivity index is 2.19. The van der Waals surface area contributed by atoms with Gasteiger partial charge in [0, 0.05) is 29.9 Å². The van der Waals surface area contributed by atoms with E-state index in [9.17, 15) is 0 Å². The first-order chi connectivity index (χ1) is 6.66. The molecule has 1 aliphatic heterocycles. The standard InChI is InChI=1S/C12H18N2/c1-8-4-5-11(7-13-8)12-6-9(2)14-10(12)3/h4-5,7,9-10,12,14H,6H2,1-3H3. The second kappa shape index (κ2) is 3.70. The lowest BCUT2D eigenvalue weighted by Gasteiger charge is -2.14. The average Bonchev–Trinajstić information content (AvgIpc) is 2.47. The molecule has 0 bridgehead atoms. The first-order valence-corrected chi connectivity index (χ1v) is 5.35. The fraction of sp³-hybridized carbons (Fsp3) is 0.583. The second-order valence-electron chi connectivity index (χ2n) is 4.43. The van der Waals surface area contributed by atoms with E-state index in [0.717, 1.165) is 5.69 Å². The molecule has 3 unspecified atom stereocenters. The summed E-state index contributed by atoms with van der Waals surface area (Å²) in [5.74, 6) is 0.637. The highest BCUT2D eigenvalue weighted by atomic mass is 15.0. The number of aryl methyl sites for hydroxylation is 1. The van der Waals surface area contributed by atoms with Crippen molar-refractivity contribution in [3.63, 3.8) is 0 Å². The minimum atomic E-state index is 0.578. The highest BCUT2D eigenvalue weighted by Gasteiger charge is 2.29. The summed E-state index contributed by atoms with van der Waals surface area (Å²) in [6.45, 7) is 6.54. The van der Waals surface area contributed by atoms with Gasteiger partial charge in [0.25, 0.3) is 0 Å². The van der Waals surface area contributed by atoms with Crippen molar-refractivity contribution >= 4 is 0 Å². The van der Waals surface area contributed by atoms with Crippen LogP contribution in [0.4, 0.5) is 0 Å². The molecule has 1 N–H and O–H groups in total. The lowest BCUT2D eigenvalue weighted by atomic mass is 9.93. The predicted molar refractivity (Wildman–Crippen MR) is 58.4 cm³/mol. The normalized spacial score (nSPS) is 32.1. The van der Waals surface area contributed by atoms with Crippen LogP contribution in [0.2, 0.25) is 0 Å². The Hall–Kier alpha value is -0.890. The van der Waals surface area contributed by atoms with Crippen molar-refractivity contribution in [1.82, 2.24) is 10.3 Å². The molecule has 0 spiro atoms. The fourth-order valence-electron chi connectivity index (χ4n) is 2.34. The van der Waals surface area contributed by atoms with Gasteiger partial charge in [0.2, 0.25) is 0 Å². The molecule has 0 radical (unpaired) electrons. The van der Waals surface area contributed by atoms with Gasteiger partial charge >= 0.3 is 0 Å². The van der Waals surface area contributed by atoms with Crippen LogP contribution in [0.5, 0.6) is 0 Å². The summed E-state index contributed by atoms with van der Waals surface area (Å²) in [4.78, 5) is 4.36. The number of nitrogens with one attached hydrogen (secondary N) is 1. The molecule has 2 rings (SSSR count). The van der Waals surface area contributed by atoms with Crippen molar-refractivity contribution in [1.29, 1.82) is 0 Å². The molecular formula is C12H18N2. The molecule has 3 atom stereocenters. The van der Waals surface area contributed by atoms with Crippen LogP contribution in [0.15, 0.2) is 18.3 Å². The Kier molecular flexibility index (Phi) is 2.55. The Labute approximate surface area is 85.7 Å². The van der Waals surface area contributed by atoms with Gasteiger partial charge in [-0.05, 0) is 38.8 Å². The summed E-state index contributed by atoms with van der Waals surface area (Å²) in [5.41, 5.74) is 2.47. The maximum Gasteiger partial charge on any atom is 0.0372 e. The molecule has 1 aromatic rings. The quantitative estimate of drug-likeness (QED) is 0.734. The summed E-state index contributed by atoms with van der Waals surface area (Å²) in [7, 11) is 0. The number of aromatic nitrogens is 1. The van der Waals surface area contributed by atoms with Crippen molar-refractivity contribution in [3.05, 3.63) is 29.6 Å². The summed E-state index contributed by atoms with van der Waals surface area (Å²) in [6, 6.07) is 5.53. The molecule has 0 aromatic carbocycles. The van der Waals surface area contributed by atoms with Gasteiger partial charge in [0.15, 0.2) is 0 Å². The van der Waals surface area contributed by atoms with E-state index >= 15 is 0 Å². The number of pyridine rings is 1. The van der Waals surface area contributed by atoms with Gasteiger partial charge in [-0.25, -0.2) is 0 Å². The molecule has 0 saturated carbocycles. The van der Waals surface area contributed by atoms with Gasteiger partial charge in [-0.3, -0.25) is 4.98 Å². The maximum atomic E-state index is 4.36. The van der Waals surface area contributed by atoms with E-state index in [4.69, 9.17) is 0 Å². The Morgan fingerprint density at radius 2 is 2.14 bits per heavy atom. The fourth-order valence-corrected chi connectivity index (χ4v) is 2.34. The molecule has 1 aromatic heterocycles. The zero-order valence-electron chi connectivity index (χ0n) is 9.12. The van der Waals surface area contributed by atoms with Crippen LogP contribution in [0.3, 0.4) is 0 Å². The number of rotatable bonds is 1. The van der Waals surface area contributed by atoms with E-state index in [1.165, 1.54) is 12.0 Å². The lowest BCUT2D eigenvalue weighted by Crippen LogP contribution is -2.26. The minimum Gasteiger partial charge on any atom is -0.311 e. The molecule has 2 heterocycles. The third-order valence-corrected chi connectivity index (χ3v) is 3.12. The zero-order valence-corrected chi connectivity index (χ0v) is 9.12. The second-order valence-corrected chi connectivity index (χ2v) is 4.43. The topological polar surface area (TPSA) is 24.9 Å². The minimum absolute atomic E-state index is 0.578. The van der Waals surface area contributed by atoms with Crippen molar-refractivity contribution in [3.8, 4) is 0 Å². The van der Waals surface area contributed by atoms with E-state index in [0.29, 0.717) is 18.0 Å². The van der Waals surface area contributed by atoms with Crippen molar-refractivity contribution in [2.45, 2.75) is 45.2 Å². The third-order valence-electron chi connectivity index (χ3n) is 3.12. The van der Waals surface area contributed by atoms with Gasteiger partial charge in [0.05, 0.1) is 0 Å². The van der Waals surface area contributed by atoms with E-state index in [1.54, 1.807) is 0 Å². The molecular weight excluding hydrogens is 172 g/mol.